The quantitative estimate of drug-likeness (QED) is 0.454. The zero-order chi connectivity index (χ0) is 22.8. The second-order valence-electron chi connectivity index (χ2n) is 7.87. The molecule has 0 unspecified atom stereocenters. The van der Waals surface area contributed by atoms with Gasteiger partial charge in [0.1, 0.15) is 6.54 Å². The second kappa shape index (κ2) is 8.35. The molecule has 1 aromatic heterocycles. The Morgan fingerprint density at radius 1 is 0.879 bits per heavy atom. The van der Waals surface area contributed by atoms with Crippen molar-refractivity contribution in [1.82, 2.24) is 20.4 Å². The standard InChI is InChI=1S/C26H22N4O3/c1-2-18-13-15-19(16-14-18)23-27-22(33-29-23)17-30-24(31)26(28-25(30)32,20-9-5-3-6-10-20)21-11-7-4-8-12-21/h3-16H,2,17H2,1H3,(H,28,32). The Labute approximate surface area is 191 Å². The third kappa shape index (κ3) is 3.57. The van der Waals surface area contributed by atoms with Gasteiger partial charge < -0.3 is 9.84 Å². The molecule has 1 N–H and O–H groups in total. The van der Waals surface area contributed by atoms with Gasteiger partial charge in [0.2, 0.25) is 11.7 Å². The lowest BCUT2D eigenvalue weighted by Crippen LogP contribution is -2.45. The number of urea groups is 1. The van der Waals surface area contributed by atoms with Crippen LogP contribution in [0.1, 0.15) is 29.5 Å². The first-order chi connectivity index (χ1) is 16.1. The van der Waals surface area contributed by atoms with Crippen molar-refractivity contribution >= 4 is 11.9 Å². The molecular formula is C26H22N4O3. The fourth-order valence-electron chi connectivity index (χ4n) is 4.11. The van der Waals surface area contributed by atoms with E-state index in [1.165, 1.54) is 5.56 Å². The van der Waals surface area contributed by atoms with E-state index in [4.69, 9.17) is 4.52 Å². The number of amides is 3. The van der Waals surface area contributed by atoms with E-state index in [0.29, 0.717) is 17.0 Å². The van der Waals surface area contributed by atoms with Crippen molar-refractivity contribution < 1.29 is 14.1 Å². The summed E-state index contributed by atoms with van der Waals surface area (Å²) < 4.78 is 5.38. The minimum Gasteiger partial charge on any atom is -0.337 e. The fraction of sp³-hybridized carbons (Fsp3) is 0.154. The molecule has 0 saturated carbocycles. The van der Waals surface area contributed by atoms with Crippen molar-refractivity contribution in [3.63, 3.8) is 0 Å². The van der Waals surface area contributed by atoms with Gasteiger partial charge in [-0.25, -0.2) is 4.79 Å². The van der Waals surface area contributed by atoms with Crippen LogP contribution in [0, 0.1) is 0 Å². The molecule has 0 radical (unpaired) electrons. The number of hydrogen-bond donors (Lipinski definition) is 1. The zero-order valence-corrected chi connectivity index (χ0v) is 18.1. The van der Waals surface area contributed by atoms with Crippen molar-refractivity contribution in [2.24, 2.45) is 0 Å². The normalized spacial score (nSPS) is 15.0. The Morgan fingerprint density at radius 3 is 2.06 bits per heavy atom. The third-order valence-electron chi connectivity index (χ3n) is 5.90. The SMILES string of the molecule is CCc1ccc(-c2noc(CN3C(=O)NC(c4ccccc4)(c4ccccc4)C3=O)n2)cc1. The average Bonchev–Trinajstić information content (AvgIpc) is 3.44. The van der Waals surface area contributed by atoms with Crippen molar-refractivity contribution in [1.29, 1.82) is 0 Å². The fourth-order valence-corrected chi connectivity index (χ4v) is 4.11. The Kier molecular flexibility index (Phi) is 5.22. The van der Waals surface area contributed by atoms with E-state index in [1.807, 2.05) is 84.9 Å². The molecule has 0 spiro atoms. The van der Waals surface area contributed by atoms with Crippen LogP contribution in [0.2, 0.25) is 0 Å². The second-order valence-corrected chi connectivity index (χ2v) is 7.87. The van der Waals surface area contributed by atoms with Gasteiger partial charge in [-0.2, -0.15) is 4.98 Å². The lowest BCUT2D eigenvalue weighted by molar-refractivity contribution is -0.130. The maximum absolute atomic E-state index is 13.7. The van der Waals surface area contributed by atoms with Gasteiger partial charge in [-0.05, 0) is 23.1 Å². The molecule has 3 aromatic carbocycles. The Morgan fingerprint density at radius 2 is 1.48 bits per heavy atom. The van der Waals surface area contributed by atoms with E-state index in [1.54, 1.807) is 0 Å². The molecule has 5 rings (SSSR count). The first kappa shape index (κ1) is 20.6. The van der Waals surface area contributed by atoms with Gasteiger partial charge in [-0.3, -0.25) is 9.69 Å². The van der Waals surface area contributed by atoms with Crippen molar-refractivity contribution in [3.05, 3.63) is 108 Å². The molecule has 0 atom stereocenters. The van der Waals surface area contributed by atoms with Gasteiger partial charge in [0.25, 0.3) is 5.91 Å². The number of imide groups is 1. The van der Waals surface area contributed by atoms with Gasteiger partial charge in [0.15, 0.2) is 5.54 Å². The summed E-state index contributed by atoms with van der Waals surface area (Å²) in [7, 11) is 0. The minimum absolute atomic E-state index is 0.119. The summed E-state index contributed by atoms with van der Waals surface area (Å²) in [6.45, 7) is 1.97. The number of benzene rings is 3. The van der Waals surface area contributed by atoms with Crippen LogP contribution in [0.5, 0.6) is 0 Å². The molecule has 1 aliphatic heterocycles. The Balaban J connectivity index is 1.46. The van der Waals surface area contributed by atoms with Crippen LogP contribution < -0.4 is 5.32 Å². The van der Waals surface area contributed by atoms with Crippen LogP contribution >= 0.6 is 0 Å². The molecule has 164 valence electrons. The van der Waals surface area contributed by atoms with Gasteiger partial charge >= 0.3 is 6.03 Å². The zero-order valence-electron chi connectivity index (χ0n) is 18.1. The monoisotopic (exact) mass is 438 g/mol. The van der Waals surface area contributed by atoms with Crippen molar-refractivity contribution in [3.8, 4) is 11.4 Å². The van der Waals surface area contributed by atoms with Gasteiger partial charge in [0, 0.05) is 5.56 Å². The molecule has 1 fully saturated rings. The average molecular weight is 438 g/mol. The first-order valence-electron chi connectivity index (χ1n) is 10.8. The van der Waals surface area contributed by atoms with Crippen molar-refractivity contribution in [2.45, 2.75) is 25.4 Å². The predicted octanol–water partition coefficient (Wildman–Crippen LogP) is 4.29. The number of carbonyl (C=O) groups is 2. The smallest absolute Gasteiger partial charge is 0.326 e. The Hall–Kier alpha value is -4.26. The predicted molar refractivity (Wildman–Crippen MR) is 122 cm³/mol. The van der Waals surface area contributed by atoms with E-state index in [9.17, 15) is 9.59 Å². The van der Waals surface area contributed by atoms with E-state index < -0.39 is 17.5 Å². The molecule has 33 heavy (non-hydrogen) atoms. The highest BCUT2D eigenvalue weighted by Crippen LogP contribution is 2.36. The molecule has 7 heteroatoms. The van der Waals surface area contributed by atoms with Crippen LogP contribution in [-0.2, 0) is 23.3 Å². The number of rotatable bonds is 6. The van der Waals surface area contributed by atoms with E-state index in [2.05, 4.69) is 22.4 Å². The molecule has 0 bridgehead atoms. The van der Waals surface area contributed by atoms with Gasteiger partial charge in [0.05, 0.1) is 0 Å². The maximum atomic E-state index is 13.7. The van der Waals surface area contributed by atoms with Crippen LogP contribution in [-0.4, -0.2) is 27.0 Å². The molecule has 4 aromatic rings. The maximum Gasteiger partial charge on any atom is 0.326 e. The number of aryl methyl sites for hydroxylation is 1. The topological polar surface area (TPSA) is 88.3 Å². The highest BCUT2D eigenvalue weighted by Gasteiger charge is 2.54. The molecule has 3 amide bonds. The number of nitrogens with zero attached hydrogens (tertiary/aromatic N) is 3. The summed E-state index contributed by atoms with van der Waals surface area (Å²) in [6, 6.07) is 25.8. The van der Waals surface area contributed by atoms with Crippen molar-refractivity contribution in [2.75, 3.05) is 0 Å². The number of carbonyl (C=O) groups excluding carboxylic acids is 2. The number of aromatic nitrogens is 2. The molecule has 7 nitrogen and oxygen atoms in total. The van der Waals surface area contributed by atoms with E-state index in [-0.39, 0.29) is 12.4 Å². The highest BCUT2D eigenvalue weighted by molar-refractivity contribution is 6.09. The molecule has 2 heterocycles. The summed E-state index contributed by atoms with van der Waals surface area (Å²) in [5, 5.41) is 6.95. The number of nitrogens with one attached hydrogen (secondary N) is 1. The largest absolute Gasteiger partial charge is 0.337 e. The lowest BCUT2D eigenvalue weighted by atomic mass is 9.82. The minimum atomic E-state index is -1.32. The molecule has 0 aliphatic carbocycles. The van der Waals surface area contributed by atoms with Gasteiger partial charge in [-0.1, -0.05) is 97.0 Å². The van der Waals surface area contributed by atoms with E-state index in [0.717, 1.165) is 16.9 Å². The number of hydrogen-bond acceptors (Lipinski definition) is 5. The van der Waals surface area contributed by atoms with Crippen LogP contribution in [0.25, 0.3) is 11.4 Å². The summed E-state index contributed by atoms with van der Waals surface area (Å²) in [5.74, 6) is 0.207. The van der Waals surface area contributed by atoms with Crippen LogP contribution in [0.3, 0.4) is 0 Å². The summed E-state index contributed by atoms with van der Waals surface area (Å²) in [6.07, 6.45) is 0.939. The first-order valence-corrected chi connectivity index (χ1v) is 10.8. The molecule has 1 saturated heterocycles. The summed E-state index contributed by atoms with van der Waals surface area (Å²) in [4.78, 5) is 32.3. The van der Waals surface area contributed by atoms with Crippen LogP contribution in [0.15, 0.2) is 89.5 Å². The summed E-state index contributed by atoms with van der Waals surface area (Å²) >= 11 is 0. The van der Waals surface area contributed by atoms with Gasteiger partial charge in [-0.15, -0.1) is 0 Å². The molecule has 1 aliphatic rings. The summed E-state index contributed by atoms with van der Waals surface area (Å²) in [5.41, 5.74) is 2.05. The Bertz CT molecular complexity index is 1240. The van der Waals surface area contributed by atoms with Crippen LogP contribution in [0.4, 0.5) is 4.79 Å². The third-order valence-corrected chi connectivity index (χ3v) is 5.90. The van der Waals surface area contributed by atoms with E-state index >= 15 is 0 Å². The molecular weight excluding hydrogens is 416 g/mol. The lowest BCUT2D eigenvalue weighted by Gasteiger charge is -2.27. The highest BCUT2D eigenvalue weighted by atomic mass is 16.5.